The highest BCUT2D eigenvalue weighted by atomic mass is 35.5. The lowest BCUT2D eigenvalue weighted by atomic mass is 10.2. The summed E-state index contributed by atoms with van der Waals surface area (Å²) in [4.78, 5) is 11.4. The highest BCUT2D eigenvalue weighted by molar-refractivity contribution is 5.85. The van der Waals surface area contributed by atoms with Gasteiger partial charge in [0.2, 0.25) is 5.91 Å². The molecule has 0 aliphatic carbocycles. The first-order chi connectivity index (χ1) is 8.67. The minimum atomic E-state index is -0.417. The zero-order valence-electron chi connectivity index (χ0n) is 11.2. The highest BCUT2D eigenvalue weighted by Crippen LogP contribution is 2.17. The van der Waals surface area contributed by atoms with Crippen LogP contribution < -0.4 is 15.4 Å². The number of hydrogen-bond donors (Lipinski definition) is 2. The number of ether oxygens (including phenoxy) is 1. The molecule has 0 atom stereocenters. The molecule has 6 heteroatoms. The Kier molecular flexibility index (Phi) is 8.91. The van der Waals surface area contributed by atoms with Gasteiger partial charge in [0.1, 0.15) is 0 Å². The van der Waals surface area contributed by atoms with Gasteiger partial charge >= 0.3 is 0 Å². The van der Waals surface area contributed by atoms with Gasteiger partial charge in [-0.1, -0.05) is 6.07 Å². The van der Waals surface area contributed by atoms with Crippen molar-refractivity contribution in [1.29, 1.82) is 0 Å². The largest absolute Gasteiger partial charge is 0.494 e. The van der Waals surface area contributed by atoms with Gasteiger partial charge in [-0.2, -0.15) is 0 Å². The third-order valence-corrected chi connectivity index (χ3v) is 2.54. The number of halogens is 2. The van der Waals surface area contributed by atoms with Crippen LogP contribution in [0.4, 0.5) is 4.39 Å². The first kappa shape index (κ1) is 17.7. The van der Waals surface area contributed by atoms with Crippen molar-refractivity contribution in [2.75, 3.05) is 20.7 Å². The van der Waals surface area contributed by atoms with Crippen molar-refractivity contribution in [1.82, 2.24) is 10.6 Å². The normalized spacial score (nSPS) is 9.63. The van der Waals surface area contributed by atoms with Crippen LogP contribution in [-0.4, -0.2) is 26.6 Å². The Morgan fingerprint density at radius 2 is 2.16 bits per heavy atom. The predicted octanol–water partition coefficient (Wildman–Crippen LogP) is 1.87. The molecular weight excluding hydrogens is 271 g/mol. The van der Waals surface area contributed by atoms with Gasteiger partial charge in [0.25, 0.3) is 0 Å². The summed E-state index contributed by atoms with van der Waals surface area (Å²) in [6.07, 6.45) is 1.26. The van der Waals surface area contributed by atoms with Crippen molar-refractivity contribution in [3.63, 3.8) is 0 Å². The molecule has 19 heavy (non-hydrogen) atoms. The standard InChI is InChI=1S/C13H19FN2O2.ClH/c1-15-7-3-4-13(17)16-9-10-5-6-12(18-2)11(14)8-10;/h5-6,8,15H,3-4,7,9H2,1-2H3,(H,16,17);1H. The van der Waals surface area contributed by atoms with Crippen LogP contribution in [0.1, 0.15) is 18.4 Å². The van der Waals surface area contributed by atoms with E-state index in [9.17, 15) is 9.18 Å². The molecule has 1 amide bonds. The summed E-state index contributed by atoms with van der Waals surface area (Å²) in [5, 5.41) is 5.72. The van der Waals surface area contributed by atoms with Crippen LogP contribution in [0.3, 0.4) is 0 Å². The Bertz CT molecular complexity index is 402. The Hall–Kier alpha value is -1.33. The molecule has 1 aromatic rings. The topological polar surface area (TPSA) is 50.4 Å². The van der Waals surface area contributed by atoms with E-state index in [0.29, 0.717) is 13.0 Å². The summed E-state index contributed by atoms with van der Waals surface area (Å²) in [5.74, 6) is -0.236. The molecule has 4 nitrogen and oxygen atoms in total. The van der Waals surface area contributed by atoms with Gasteiger partial charge in [-0.3, -0.25) is 4.79 Å². The molecule has 0 fully saturated rings. The first-order valence-corrected chi connectivity index (χ1v) is 5.91. The van der Waals surface area contributed by atoms with E-state index in [4.69, 9.17) is 4.74 Å². The van der Waals surface area contributed by atoms with Crippen molar-refractivity contribution < 1.29 is 13.9 Å². The van der Waals surface area contributed by atoms with Gasteiger partial charge in [-0.05, 0) is 37.7 Å². The monoisotopic (exact) mass is 290 g/mol. The fraction of sp³-hybridized carbons (Fsp3) is 0.462. The van der Waals surface area contributed by atoms with E-state index in [1.165, 1.54) is 13.2 Å². The quantitative estimate of drug-likeness (QED) is 0.754. The summed E-state index contributed by atoms with van der Waals surface area (Å²) in [6, 6.07) is 4.65. The summed E-state index contributed by atoms with van der Waals surface area (Å²) >= 11 is 0. The van der Waals surface area contributed by atoms with Crippen LogP contribution in [0.25, 0.3) is 0 Å². The molecule has 0 radical (unpaired) electrons. The molecule has 0 bridgehead atoms. The van der Waals surface area contributed by atoms with Crippen molar-refractivity contribution in [2.45, 2.75) is 19.4 Å². The van der Waals surface area contributed by atoms with Gasteiger partial charge in [0.15, 0.2) is 11.6 Å². The maximum absolute atomic E-state index is 13.4. The van der Waals surface area contributed by atoms with Crippen LogP contribution in [0, 0.1) is 5.82 Å². The predicted molar refractivity (Wildman–Crippen MR) is 75.2 cm³/mol. The number of nitrogens with one attached hydrogen (secondary N) is 2. The number of methoxy groups -OCH3 is 1. The third kappa shape index (κ3) is 6.40. The maximum Gasteiger partial charge on any atom is 0.220 e. The van der Waals surface area contributed by atoms with Gasteiger partial charge in [-0.25, -0.2) is 4.39 Å². The molecule has 0 aliphatic heterocycles. The molecular formula is C13H20ClFN2O2. The van der Waals surface area contributed by atoms with Gasteiger partial charge in [-0.15, -0.1) is 12.4 Å². The Morgan fingerprint density at radius 1 is 1.42 bits per heavy atom. The second-order valence-electron chi connectivity index (χ2n) is 3.95. The summed E-state index contributed by atoms with van der Waals surface area (Å²) in [6.45, 7) is 1.14. The number of hydrogen-bond acceptors (Lipinski definition) is 3. The molecule has 1 aromatic carbocycles. The number of carbonyl (C=O) groups is 1. The van der Waals surface area contributed by atoms with Gasteiger partial charge in [0.05, 0.1) is 7.11 Å². The van der Waals surface area contributed by atoms with E-state index in [-0.39, 0.29) is 24.1 Å². The average Bonchev–Trinajstić information content (AvgIpc) is 2.37. The SMILES string of the molecule is CNCCCC(=O)NCc1ccc(OC)c(F)c1.Cl. The van der Waals surface area contributed by atoms with E-state index in [1.54, 1.807) is 12.1 Å². The fourth-order valence-electron chi connectivity index (χ4n) is 1.53. The number of rotatable bonds is 7. The number of carbonyl (C=O) groups excluding carboxylic acids is 1. The molecule has 2 N–H and O–H groups in total. The molecule has 0 saturated carbocycles. The van der Waals surface area contributed by atoms with Crippen LogP contribution in [0.15, 0.2) is 18.2 Å². The van der Waals surface area contributed by atoms with Crippen LogP contribution in [0.2, 0.25) is 0 Å². The molecule has 0 aliphatic rings. The highest BCUT2D eigenvalue weighted by Gasteiger charge is 2.05. The second-order valence-corrected chi connectivity index (χ2v) is 3.95. The molecule has 1 rings (SSSR count). The minimum absolute atomic E-state index is 0. The van der Waals surface area contributed by atoms with E-state index in [0.717, 1.165) is 18.5 Å². The number of amides is 1. The number of benzene rings is 1. The first-order valence-electron chi connectivity index (χ1n) is 5.91. The lowest BCUT2D eigenvalue weighted by Crippen LogP contribution is -2.23. The molecule has 0 aromatic heterocycles. The lowest BCUT2D eigenvalue weighted by Gasteiger charge is -2.07. The zero-order chi connectivity index (χ0) is 13.4. The summed E-state index contributed by atoms with van der Waals surface area (Å²) in [7, 11) is 3.26. The van der Waals surface area contributed by atoms with Crippen LogP contribution >= 0.6 is 12.4 Å². The molecule has 0 spiro atoms. The molecule has 108 valence electrons. The molecule has 0 saturated heterocycles. The van der Waals surface area contributed by atoms with E-state index >= 15 is 0 Å². The van der Waals surface area contributed by atoms with Crippen molar-refractivity contribution in [3.8, 4) is 5.75 Å². The van der Waals surface area contributed by atoms with E-state index in [2.05, 4.69) is 10.6 Å². The van der Waals surface area contributed by atoms with Gasteiger partial charge in [0, 0.05) is 13.0 Å². The Balaban J connectivity index is 0.00000324. The lowest BCUT2D eigenvalue weighted by molar-refractivity contribution is -0.121. The fourth-order valence-corrected chi connectivity index (χ4v) is 1.53. The van der Waals surface area contributed by atoms with Crippen LogP contribution in [0.5, 0.6) is 5.75 Å². The summed E-state index contributed by atoms with van der Waals surface area (Å²) in [5.41, 5.74) is 0.718. The molecule has 0 unspecified atom stereocenters. The minimum Gasteiger partial charge on any atom is -0.494 e. The Labute approximate surface area is 119 Å². The van der Waals surface area contributed by atoms with Gasteiger partial charge < -0.3 is 15.4 Å². The van der Waals surface area contributed by atoms with Crippen molar-refractivity contribution in [2.24, 2.45) is 0 Å². The van der Waals surface area contributed by atoms with Crippen LogP contribution in [-0.2, 0) is 11.3 Å². The third-order valence-electron chi connectivity index (χ3n) is 2.54. The summed E-state index contributed by atoms with van der Waals surface area (Å²) < 4.78 is 18.2. The van der Waals surface area contributed by atoms with E-state index in [1.807, 2.05) is 7.05 Å². The zero-order valence-corrected chi connectivity index (χ0v) is 12.0. The Morgan fingerprint density at radius 3 is 2.74 bits per heavy atom. The second kappa shape index (κ2) is 9.58. The average molecular weight is 291 g/mol. The van der Waals surface area contributed by atoms with Crippen molar-refractivity contribution >= 4 is 18.3 Å². The van der Waals surface area contributed by atoms with E-state index < -0.39 is 5.82 Å². The molecule has 0 heterocycles. The maximum atomic E-state index is 13.4. The smallest absolute Gasteiger partial charge is 0.220 e. The van der Waals surface area contributed by atoms with Crippen molar-refractivity contribution in [3.05, 3.63) is 29.6 Å².